The minimum Gasteiger partial charge on any atom is -0.373 e. The highest BCUT2D eigenvalue weighted by molar-refractivity contribution is 6.18. The van der Waals surface area contributed by atoms with Crippen molar-refractivity contribution in [1.29, 1.82) is 0 Å². The van der Waals surface area contributed by atoms with Crippen LogP contribution in [0.3, 0.4) is 0 Å². The first kappa shape index (κ1) is 18.1. The second kappa shape index (κ2) is 7.66. The first-order valence-electron chi connectivity index (χ1n) is 9.13. The van der Waals surface area contributed by atoms with E-state index in [-0.39, 0.29) is 5.41 Å². The van der Waals surface area contributed by atoms with E-state index in [9.17, 15) is 0 Å². The number of alkyl halides is 1. The van der Waals surface area contributed by atoms with Crippen LogP contribution in [0.2, 0.25) is 0 Å². The van der Waals surface area contributed by atoms with Gasteiger partial charge in [-0.1, -0.05) is 69.3 Å². The quantitative estimate of drug-likeness (QED) is 0.587. The zero-order chi connectivity index (χ0) is 17.9. The average Bonchev–Trinajstić information content (AvgIpc) is 2.62. The van der Waals surface area contributed by atoms with E-state index in [4.69, 9.17) is 11.6 Å². The maximum absolute atomic E-state index is 6.08. The molecule has 0 aromatic heterocycles. The van der Waals surface area contributed by atoms with E-state index < -0.39 is 0 Å². The summed E-state index contributed by atoms with van der Waals surface area (Å²) in [5.41, 5.74) is 5.53. The second-order valence-electron chi connectivity index (χ2n) is 7.97. The monoisotopic (exact) mass is 353 g/mol. The third-order valence-electron chi connectivity index (χ3n) is 5.09. The van der Waals surface area contributed by atoms with Crippen molar-refractivity contribution in [3.8, 4) is 0 Å². The molecule has 0 fully saturated rings. The van der Waals surface area contributed by atoms with Crippen molar-refractivity contribution in [1.82, 2.24) is 4.90 Å². The topological polar surface area (TPSA) is 3.24 Å². The highest BCUT2D eigenvalue weighted by Crippen LogP contribution is 2.26. The predicted molar refractivity (Wildman–Crippen MR) is 109 cm³/mol. The molecule has 132 valence electrons. The molecule has 2 aromatic rings. The Hall–Kier alpha value is -1.73. The molecule has 1 heterocycles. The summed E-state index contributed by atoms with van der Waals surface area (Å²) in [6.45, 7) is 8.82. The van der Waals surface area contributed by atoms with Gasteiger partial charge in [-0.15, -0.1) is 11.6 Å². The number of rotatable bonds is 6. The number of benzene rings is 2. The maximum atomic E-state index is 6.08. The highest BCUT2D eigenvalue weighted by atomic mass is 35.5. The van der Waals surface area contributed by atoms with Crippen molar-refractivity contribution in [2.24, 2.45) is 5.92 Å². The van der Waals surface area contributed by atoms with Crippen molar-refractivity contribution >= 4 is 17.7 Å². The first-order valence-corrected chi connectivity index (χ1v) is 9.67. The normalized spacial score (nSPS) is 15.1. The third-order valence-corrected chi connectivity index (χ3v) is 5.76. The lowest BCUT2D eigenvalue weighted by molar-refractivity contribution is 0.309. The van der Waals surface area contributed by atoms with Crippen LogP contribution in [0.4, 0.5) is 0 Å². The van der Waals surface area contributed by atoms with Crippen molar-refractivity contribution in [2.45, 2.75) is 39.2 Å². The molecule has 2 aromatic carbocycles. The largest absolute Gasteiger partial charge is 0.373 e. The van der Waals surface area contributed by atoms with E-state index in [1.807, 2.05) is 0 Å². The molecule has 0 saturated heterocycles. The molecule has 0 N–H and O–H groups in total. The number of halogens is 1. The summed E-state index contributed by atoms with van der Waals surface area (Å²) in [5, 5.41) is 0. The zero-order valence-electron chi connectivity index (χ0n) is 15.5. The Morgan fingerprint density at radius 2 is 1.80 bits per heavy atom. The predicted octanol–water partition coefficient (Wildman–Crippen LogP) is 5.87. The molecule has 0 radical (unpaired) electrons. The number of fused-ring (bicyclic) bond motifs is 1. The fourth-order valence-electron chi connectivity index (χ4n) is 3.46. The Balaban J connectivity index is 1.57. The van der Waals surface area contributed by atoms with Crippen LogP contribution >= 0.6 is 11.6 Å². The fourth-order valence-corrected chi connectivity index (χ4v) is 3.61. The summed E-state index contributed by atoms with van der Waals surface area (Å²) >= 11 is 6.08. The van der Waals surface area contributed by atoms with Crippen molar-refractivity contribution < 1.29 is 0 Å². The Kier molecular flexibility index (Phi) is 5.54. The summed E-state index contributed by atoms with van der Waals surface area (Å²) in [6.07, 6.45) is 5.58. The van der Waals surface area contributed by atoms with Crippen LogP contribution in [-0.4, -0.2) is 17.3 Å². The molecule has 0 spiro atoms. The van der Waals surface area contributed by atoms with Gasteiger partial charge in [-0.05, 0) is 46.9 Å². The lowest BCUT2D eigenvalue weighted by atomic mass is 9.86. The molecular formula is C23H28ClN. The summed E-state index contributed by atoms with van der Waals surface area (Å²) in [4.78, 5) is 2.43. The van der Waals surface area contributed by atoms with Crippen LogP contribution in [-0.2, 0) is 18.4 Å². The summed E-state index contributed by atoms with van der Waals surface area (Å²) in [7, 11) is 0. The lowest BCUT2D eigenvalue weighted by Gasteiger charge is -2.28. The summed E-state index contributed by atoms with van der Waals surface area (Å²) in [5.74, 6) is 1.26. The van der Waals surface area contributed by atoms with E-state index in [0.29, 0.717) is 11.8 Å². The van der Waals surface area contributed by atoms with Gasteiger partial charge in [-0.25, -0.2) is 0 Å². The third kappa shape index (κ3) is 4.46. The zero-order valence-corrected chi connectivity index (χ0v) is 16.3. The lowest BCUT2D eigenvalue weighted by Crippen LogP contribution is -2.26. The number of hydrogen-bond donors (Lipinski definition) is 0. The van der Waals surface area contributed by atoms with Crippen molar-refractivity contribution in [2.75, 3.05) is 12.4 Å². The van der Waals surface area contributed by atoms with Crippen LogP contribution in [0.25, 0.3) is 6.08 Å². The van der Waals surface area contributed by atoms with Crippen LogP contribution in [0.15, 0.2) is 54.7 Å². The van der Waals surface area contributed by atoms with Crippen molar-refractivity contribution in [3.05, 3.63) is 77.0 Å². The van der Waals surface area contributed by atoms with E-state index in [1.165, 1.54) is 22.3 Å². The molecular weight excluding hydrogens is 326 g/mol. The molecule has 1 nitrogen and oxygen atoms in total. The minimum absolute atomic E-state index is 0.0394. The molecule has 1 aliphatic heterocycles. The van der Waals surface area contributed by atoms with Gasteiger partial charge in [0.25, 0.3) is 0 Å². The fraction of sp³-hybridized carbons (Fsp3) is 0.391. The Labute approximate surface area is 157 Å². The maximum Gasteiger partial charge on any atom is 0.0430 e. The molecule has 1 unspecified atom stereocenters. The SMILES string of the molecule is CC(Cc1ccc(C(C)(C)CCl)cc1)CN1C=Cc2ccccc2C1. The molecule has 0 aliphatic carbocycles. The molecule has 1 aliphatic rings. The molecule has 0 saturated carbocycles. The van der Waals surface area contributed by atoms with Crippen LogP contribution in [0.1, 0.15) is 43.0 Å². The van der Waals surface area contributed by atoms with Crippen LogP contribution in [0.5, 0.6) is 0 Å². The summed E-state index contributed by atoms with van der Waals surface area (Å²) < 4.78 is 0. The van der Waals surface area contributed by atoms with E-state index >= 15 is 0 Å². The smallest absolute Gasteiger partial charge is 0.0430 e. The second-order valence-corrected chi connectivity index (χ2v) is 8.23. The van der Waals surface area contributed by atoms with Gasteiger partial charge in [0.05, 0.1) is 0 Å². The Bertz CT molecular complexity index is 730. The summed E-state index contributed by atoms with van der Waals surface area (Å²) in [6, 6.07) is 17.7. The van der Waals surface area contributed by atoms with E-state index in [2.05, 4.69) is 86.5 Å². The van der Waals surface area contributed by atoms with Gasteiger partial charge < -0.3 is 4.90 Å². The molecule has 2 heteroatoms. The van der Waals surface area contributed by atoms with Crippen LogP contribution < -0.4 is 0 Å². The van der Waals surface area contributed by atoms with Gasteiger partial charge >= 0.3 is 0 Å². The molecule has 3 rings (SSSR count). The Morgan fingerprint density at radius 3 is 2.52 bits per heavy atom. The standard InChI is InChI=1S/C23H28ClN/c1-18(14-19-8-10-22(11-9-19)23(2,3)17-24)15-25-13-12-20-6-4-5-7-21(20)16-25/h4-13,18H,14-17H2,1-3H3. The van der Waals surface area contributed by atoms with E-state index in [1.54, 1.807) is 0 Å². The van der Waals surface area contributed by atoms with Gasteiger partial charge in [-0.2, -0.15) is 0 Å². The highest BCUT2D eigenvalue weighted by Gasteiger charge is 2.19. The first-order chi connectivity index (χ1) is 12.0. The molecule has 1 atom stereocenters. The van der Waals surface area contributed by atoms with Crippen molar-refractivity contribution in [3.63, 3.8) is 0 Å². The van der Waals surface area contributed by atoms with Gasteiger partial charge in [0, 0.05) is 24.4 Å². The minimum atomic E-state index is 0.0394. The van der Waals surface area contributed by atoms with Gasteiger partial charge in [0.15, 0.2) is 0 Å². The average molecular weight is 354 g/mol. The molecule has 0 amide bonds. The van der Waals surface area contributed by atoms with Crippen LogP contribution in [0, 0.1) is 5.92 Å². The number of hydrogen-bond acceptors (Lipinski definition) is 1. The van der Waals surface area contributed by atoms with Gasteiger partial charge in [0.2, 0.25) is 0 Å². The van der Waals surface area contributed by atoms with E-state index in [0.717, 1.165) is 19.5 Å². The Morgan fingerprint density at radius 1 is 1.08 bits per heavy atom. The van der Waals surface area contributed by atoms with Gasteiger partial charge in [0.1, 0.15) is 0 Å². The molecule has 25 heavy (non-hydrogen) atoms. The van der Waals surface area contributed by atoms with Gasteiger partial charge in [-0.3, -0.25) is 0 Å². The molecule has 0 bridgehead atoms. The number of nitrogens with zero attached hydrogens (tertiary/aromatic N) is 1.